The minimum absolute atomic E-state index is 0.266. The molecule has 0 saturated carbocycles. The lowest BCUT2D eigenvalue weighted by Gasteiger charge is -2.16. The van der Waals surface area contributed by atoms with E-state index in [0.717, 1.165) is 5.56 Å². The Hall–Kier alpha value is -2.34. The molecule has 0 bridgehead atoms. The van der Waals surface area contributed by atoms with Gasteiger partial charge in [-0.25, -0.2) is 0 Å². The number of aromatic nitrogens is 2. The summed E-state index contributed by atoms with van der Waals surface area (Å²) >= 11 is 12.3. The molecule has 0 aliphatic carbocycles. The van der Waals surface area contributed by atoms with E-state index in [1.165, 1.54) is 12.4 Å². The molecule has 0 fully saturated rings. The Balaban J connectivity index is 1.72. The summed E-state index contributed by atoms with van der Waals surface area (Å²) in [5.41, 5.74) is 2.42. The van der Waals surface area contributed by atoms with Crippen molar-refractivity contribution in [3.05, 3.63) is 81.9 Å². The van der Waals surface area contributed by atoms with Gasteiger partial charge in [-0.2, -0.15) is 0 Å². The maximum Gasteiger partial charge on any atom is 0.161 e. The maximum atomic E-state index is 10.7. The molecule has 2 heterocycles. The van der Waals surface area contributed by atoms with Crippen molar-refractivity contribution in [2.45, 2.75) is 18.9 Å². The number of hydrogen-bond donors (Lipinski definition) is 1. The number of benzene rings is 1. The van der Waals surface area contributed by atoms with E-state index >= 15 is 0 Å². The van der Waals surface area contributed by atoms with Crippen molar-refractivity contribution in [3.63, 3.8) is 0 Å². The highest BCUT2D eigenvalue weighted by atomic mass is 35.5. The number of methoxy groups -OCH3 is 1. The number of aliphatic hydroxyl groups excluding tert-OH is 1. The average Bonchev–Trinajstić information content (AvgIpc) is 2.71. The topological polar surface area (TPSA) is 64.5 Å². The van der Waals surface area contributed by atoms with Gasteiger partial charge >= 0.3 is 0 Å². The fourth-order valence-electron chi connectivity index (χ4n) is 2.78. The third-order valence-corrected chi connectivity index (χ3v) is 4.94. The summed E-state index contributed by atoms with van der Waals surface area (Å²) in [6, 6.07) is 9.22. The summed E-state index contributed by atoms with van der Waals surface area (Å²) < 4.78 is 11.3. The minimum atomic E-state index is -0.802. The van der Waals surface area contributed by atoms with Crippen molar-refractivity contribution < 1.29 is 14.6 Å². The molecular formula is C21H20Cl2N2O3. The van der Waals surface area contributed by atoms with Crippen LogP contribution >= 0.6 is 23.2 Å². The first-order chi connectivity index (χ1) is 13.6. The van der Waals surface area contributed by atoms with E-state index in [9.17, 15) is 5.11 Å². The molecule has 0 aliphatic rings. The smallest absolute Gasteiger partial charge is 0.161 e. The molecule has 0 radical (unpaired) electrons. The number of aliphatic hydroxyl groups is 1. The highest BCUT2D eigenvalue weighted by Crippen LogP contribution is 2.33. The van der Waals surface area contributed by atoms with Crippen LogP contribution in [0.4, 0.5) is 0 Å². The van der Waals surface area contributed by atoms with Crippen molar-refractivity contribution >= 4 is 23.2 Å². The van der Waals surface area contributed by atoms with E-state index in [1.54, 1.807) is 31.5 Å². The highest BCUT2D eigenvalue weighted by Gasteiger charge is 2.16. The van der Waals surface area contributed by atoms with Crippen LogP contribution in [-0.2, 0) is 12.8 Å². The SMILES string of the molecule is COc1ccc(C(O)Cc2c(Cl)cncc2Cl)cc1OCCc1cccnc1. The van der Waals surface area contributed by atoms with Crippen LogP contribution < -0.4 is 9.47 Å². The van der Waals surface area contributed by atoms with Gasteiger partial charge in [0.15, 0.2) is 11.5 Å². The minimum Gasteiger partial charge on any atom is -0.493 e. The molecule has 0 aliphatic heterocycles. The Morgan fingerprint density at radius 2 is 1.82 bits per heavy atom. The lowest BCUT2D eigenvalue weighted by molar-refractivity contribution is 0.177. The summed E-state index contributed by atoms with van der Waals surface area (Å²) in [5, 5.41) is 11.5. The van der Waals surface area contributed by atoms with Gasteiger partial charge in [-0.05, 0) is 34.9 Å². The molecule has 2 aromatic heterocycles. The number of hydrogen-bond acceptors (Lipinski definition) is 5. The summed E-state index contributed by atoms with van der Waals surface area (Å²) in [7, 11) is 1.58. The molecule has 0 saturated heterocycles. The van der Waals surface area contributed by atoms with Crippen LogP contribution in [-0.4, -0.2) is 28.8 Å². The van der Waals surface area contributed by atoms with E-state index in [0.29, 0.717) is 45.7 Å². The fraction of sp³-hybridized carbons (Fsp3) is 0.238. The number of halogens is 2. The Morgan fingerprint density at radius 1 is 1.04 bits per heavy atom. The van der Waals surface area contributed by atoms with E-state index in [1.807, 2.05) is 18.3 Å². The Morgan fingerprint density at radius 3 is 2.50 bits per heavy atom. The maximum absolute atomic E-state index is 10.7. The molecule has 0 spiro atoms. The molecule has 0 amide bonds. The van der Waals surface area contributed by atoms with Crippen LogP contribution in [0.15, 0.2) is 55.1 Å². The van der Waals surface area contributed by atoms with Gasteiger partial charge < -0.3 is 14.6 Å². The summed E-state index contributed by atoms with van der Waals surface area (Å²) in [5.74, 6) is 1.16. The zero-order chi connectivity index (χ0) is 19.9. The summed E-state index contributed by atoms with van der Waals surface area (Å²) in [6.07, 6.45) is 6.74. The van der Waals surface area contributed by atoms with Crippen molar-refractivity contribution in [1.29, 1.82) is 0 Å². The van der Waals surface area contributed by atoms with Gasteiger partial charge in [0.1, 0.15) is 0 Å². The van der Waals surface area contributed by atoms with Crippen molar-refractivity contribution in [1.82, 2.24) is 9.97 Å². The predicted molar refractivity (Wildman–Crippen MR) is 109 cm³/mol. The zero-order valence-corrected chi connectivity index (χ0v) is 16.8. The first kappa shape index (κ1) is 20.4. The highest BCUT2D eigenvalue weighted by molar-refractivity contribution is 6.35. The number of rotatable bonds is 8. The van der Waals surface area contributed by atoms with Crippen LogP contribution in [0, 0.1) is 0 Å². The Bertz CT molecular complexity index is 903. The average molecular weight is 419 g/mol. The molecule has 146 valence electrons. The van der Waals surface area contributed by atoms with Crippen molar-refractivity contribution in [3.8, 4) is 11.5 Å². The molecule has 1 atom stereocenters. The molecule has 3 rings (SSSR count). The molecule has 3 aromatic rings. The molecule has 28 heavy (non-hydrogen) atoms. The largest absolute Gasteiger partial charge is 0.493 e. The van der Waals surface area contributed by atoms with Gasteiger partial charge in [0.2, 0.25) is 0 Å². The fourth-order valence-corrected chi connectivity index (χ4v) is 3.30. The number of ether oxygens (including phenoxy) is 2. The van der Waals surface area contributed by atoms with E-state index in [-0.39, 0.29) is 6.42 Å². The van der Waals surface area contributed by atoms with Gasteiger partial charge in [0.05, 0.1) is 29.9 Å². The number of nitrogens with zero attached hydrogens (tertiary/aromatic N) is 2. The van der Waals surface area contributed by atoms with Gasteiger partial charge in [-0.3, -0.25) is 9.97 Å². The van der Waals surface area contributed by atoms with Gasteiger partial charge in [0.25, 0.3) is 0 Å². The normalized spacial score (nSPS) is 11.9. The molecular weight excluding hydrogens is 399 g/mol. The molecule has 5 nitrogen and oxygen atoms in total. The van der Waals surface area contributed by atoms with Crippen molar-refractivity contribution in [2.24, 2.45) is 0 Å². The van der Waals surface area contributed by atoms with E-state index in [4.69, 9.17) is 32.7 Å². The van der Waals surface area contributed by atoms with Crippen LogP contribution in [0.25, 0.3) is 0 Å². The third-order valence-electron chi connectivity index (χ3n) is 4.29. The second kappa shape index (κ2) is 9.73. The molecule has 1 N–H and O–H groups in total. The molecule has 1 aromatic carbocycles. The molecule has 7 heteroatoms. The van der Waals surface area contributed by atoms with Crippen molar-refractivity contribution in [2.75, 3.05) is 13.7 Å². The Labute approximate surface area is 173 Å². The monoisotopic (exact) mass is 418 g/mol. The lowest BCUT2D eigenvalue weighted by atomic mass is 10.0. The third kappa shape index (κ3) is 5.13. The summed E-state index contributed by atoms with van der Waals surface area (Å²) in [4.78, 5) is 8.03. The van der Waals surface area contributed by atoms with Gasteiger partial charge in [0, 0.05) is 37.6 Å². The van der Waals surface area contributed by atoms with Crippen LogP contribution in [0.2, 0.25) is 10.0 Å². The van der Waals surface area contributed by atoms with Gasteiger partial charge in [-0.1, -0.05) is 35.3 Å². The quantitative estimate of drug-likeness (QED) is 0.574. The van der Waals surface area contributed by atoms with Gasteiger partial charge in [-0.15, -0.1) is 0 Å². The molecule has 1 unspecified atom stereocenters. The number of pyridine rings is 2. The van der Waals surface area contributed by atoms with Crippen LogP contribution in [0.3, 0.4) is 0 Å². The lowest BCUT2D eigenvalue weighted by Crippen LogP contribution is -2.06. The first-order valence-corrected chi connectivity index (χ1v) is 9.49. The van der Waals surface area contributed by atoms with Crippen LogP contribution in [0.1, 0.15) is 22.8 Å². The van der Waals surface area contributed by atoms with E-state index < -0.39 is 6.10 Å². The summed E-state index contributed by atoms with van der Waals surface area (Å²) in [6.45, 7) is 0.462. The predicted octanol–water partition coefficient (Wildman–Crippen LogP) is 4.69. The second-order valence-corrected chi connectivity index (χ2v) is 6.99. The Kier molecular flexibility index (Phi) is 7.09. The van der Waals surface area contributed by atoms with Crippen LogP contribution in [0.5, 0.6) is 11.5 Å². The standard InChI is InChI=1S/C21H20Cl2N2O3/c1-27-20-5-4-15(19(26)10-16-17(22)12-25-13-18(16)23)9-21(20)28-8-6-14-3-2-7-24-11-14/h2-5,7,9,11-13,19,26H,6,8,10H2,1H3. The second-order valence-electron chi connectivity index (χ2n) is 6.17. The van der Waals surface area contributed by atoms with E-state index in [2.05, 4.69) is 9.97 Å². The zero-order valence-electron chi connectivity index (χ0n) is 15.3. The first-order valence-electron chi connectivity index (χ1n) is 8.74.